The van der Waals surface area contributed by atoms with Gasteiger partial charge in [0.05, 0.1) is 0 Å². The van der Waals surface area contributed by atoms with Crippen LogP contribution >= 0.6 is 15.9 Å². The monoisotopic (exact) mass is 278 g/mol. The van der Waals surface area contributed by atoms with E-state index in [9.17, 15) is 0 Å². The Kier molecular flexibility index (Phi) is 12.9. The Morgan fingerprint density at radius 3 is 2.47 bits per heavy atom. The molecule has 0 saturated heterocycles. The molecule has 0 aliphatic rings. The first-order valence-corrected chi connectivity index (χ1v) is 7.61. The third-order valence-corrected chi connectivity index (χ3v) is 3.38. The smallest absolute Gasteiger partial charge is 0.0494 e. The fourth-order valence-electron chi connectivity index (χ4n) is 1.62. The van der Waals surface area contributed by atoms with Gasteiger partial charge < -0.3 is 4.74 Å². The lowest BCUT2D eigenvalue weighted by Gasteiger charge is -2.14. The van der Waals surface area contributed by atoms with Crippen LogP contribution in [0.15, 0.2) is 0 Å². The molecule has 15 heavy (non-hydrogen) atoms. The molecule has 0 rings (SSSR count). The Hall–Kier alpha value is 0.440. The zero-order valence-electron chi connectivity index (χ0n) is 10.4. The molecule has 0 radical (unpaired) electrons. The van der Waals surface area contributed by atoms with Crippen LogP contribution in [0.4, 0.5) is 0 Å². The van der Waals surface area contributed by atoms with Crippen LogP contribution in [-0.2, 0) is 4.74 Å². The van der Waals surface area contributed by atoms with Crippen molar-refractivity contribution in [2.75, 3.05) is 18.5 Å². The highest BCUT2D eigenvalue weighted by Crippen LogP contribution is 2.13. The molecule has 0 spiro atoms. The number of hydrogen-bond donors (Lipinski definition) is 0. The van der Waals surface area contributed by atoms with Crippen LogP contribution in [0.25, 0.3) is 0 Å². The van der Waals surface area contributed by atoms with Gasteiger partial charge in [0.2, 0.25) is 0 Å². The van der Waals surface area contributed by atoms with E-state index in [-0.39, 0.29) is 0 Å². The summed E-state index contributed by atoms with van der Waals surface area (Å²) in [7, 11) is 0. The van der Waals surface area contributed by atoms with E-state index in [0.717, 1.165) is 24.5 Å². The zero-order valence-corrected chi connectivity index (χ0v) is 12.0. The van der Waals surface area contributed by atoms with Crippen LogP contribution in [0.5, 0.6) is 0 Å². The van der Waals surface area contributed by atoms with Gasteiger partial charge in [0.1, 0.15) is 0 Å². The maximum Gasteiger partial charge on any atom is 0.0494 e. The van der Waals surface area contributed by atoms with Crippen molar-refractivity contribution in [3.05, 3.63) is 0 Å². The maximum atomic E-state index is 5.71. The molecule has 92 valence electrons. The summed E-state index contributed by atoms with van der Waals surface area (Å²) >= 11 is 3.44. The highest BCUT2D eigenvalue weighted by atomic mass is 79.9. The van der Waals surface area contributed by atoms with Crippen LogP contribution in [0, 0.1) is 5.92 Å². The Balaban J connectivity index is 3.22. The summed E-state index contributed by atoms with van der Waals surface area (Å²) in [5, 5.41) is 1.13. The first kappa shape index (κ1) is 15.4. The minimum absolute atomic E-state index is 0.793. The van der Waals surface area contributed by atoms with Crippen molar-refractivity contribution in [3.63, 3.8) is 0 Å². The molecule has 2 heteroatoms. The summed E-state index contributed by atoms with van der Waals surface area (Å²) in [5.41, 5.74) is 0. The normalized spacial score (nSPS) is 13.0. The fourth-order valence-corrected chi connectivity index (χ4v) is 2.02. The third kappa shape index (κ3) is 10.7. The summed E-state index contributed by atoms with van der Waals surface area (Å²) in [6.07, 6.45) is 9.05. The van der Waals surface area contributed by atoms with Gasteiger partial charge in [-0.05, 0) is 25.2 Å². The van der Waals surface area contributed by atoms with E-state index in [1.165, 1.54) is 44.9 Å². The molecule has 0 bridgehead atoms. The van der Waals surface area contributed by atoms with Gasteiger partial charge in [-0.3, -0.25) is 0 Å². The van der Waals surface area contributed by atoms with E-state index in [2.05, 4.69) is 29.8 Å². The largest absolute Gasteiger partial charge is 0.381 e. The third-order valence-electron chi connectivity index (χ3n) is 2.82. The van der Waals surface area contributed by atoms with Gasteiger partial charge in [0.25, 0.3) is 0 Å². The molecule has 1 atom stereocenters. The van der Waals surface area contributed by atoms with Gasteiger partial charge in [-0.2, -0.15) is 0 Å². The van der Waals surface area contributed by atoms with E-state index in [1.54, 1.807) is 0 Å². The van der Waals surface area contributed by atoms with E-state index < -0.39 is 0 Å². The van der Waals surface area contributed by atoms with Crippen molar-refractivity contribution in [1.29, 1.82) is 0 Å². The number of unbranched alkanes of at least 4 members (excludes halogenated alkanes) is 3. The Labute approximate surface area is 104 Å². The van der Waals surface area contributed by atoms with E-state index in [1.807, 2.05) is 0 Å². The summed E-state index contributed by atoms with van der Waals surface area (Å²) in [6, 6.07) is 0. The van der Waals surface area contributed by atoms with Crippen molar-refractivity contribution in [2.45, 2.75) is 58.8 Å². The van der Waals surface area contributed by atoms with E-state index >= 15 is 0 Å². The van der Waals surface area contributed by atoms with Crippen LogP contribution in [0.3, 0.4) is 0 Å². The lowest BCUT2D eigenvalue weighted by atomic mass is 10.0. The van der Waals surface area contributed by atoms with Crippen LogP contribution in [0.2, 0.25) is 0 Å². The Morgan fingerprint density at radius 2 is 1.87 bits per heavy atom. The second kappa shape index (κ2) is 12.5. The number of halogens is 1. The second-order valence-electron chi connectivity index (χ2n) is 4.24. The van der Waals surface area contributed by atoms with Gasteiger partial charge in [0, 0.05) is 18.5 Å². The first-order chi connectivity index (χ1) is 7.35. The molecule has 0 heterocycles. The van der Waals surface area contributed by atoms with E-state index in [4.69, 9.17) is 4.74 Å². The minimum Gasteiger partial charge on any atom is -0.381 e. The summed E-state index contributed by atoms with van der Waals surface area (Å²) < 4.78 is 5.71. The number of rotatable bonds is 11. The Bertz CT molecular complexity index is 117. The summed E-state index contributed by atoms with van der Waals surface area (Å²) in [6.45, 7) is 6.46. The molecular formula is C13H27BrO. The molecule has 0 amide bonds. The van der Waals surface area contributed by atoms with Crippen LogP contribution in [-0.4, -0.2) is 18.5 Å². The molecule has 1 nitrogen and oxygen atoms in total. The molecule has 0 aromatic heterocycles. The highest BCUT2D eigenvalue weighted by Gasteiger charge is 2.05. The van der Waals surface area contributed by atoms with Gasteiger partial charge in [-0.15, -0.1) is 0 Å². The molecule has 0 aliphatic carbocycles. The molecule has 0 aromatic carbocycles. The molecule has 0 aliphatic heterocycles. The quantitative estimate of drug-likeness (QED) is 0.390. The molecule has 1 unspecified atom stereocenters. The average molecular weight is 279 g/mol. The van der Waals surface area contributed by atoms with Crippen molar-refractivity contribution in [3.8, 4) is 0 Å². The summed E-state index contributed by atoms with van der Waals surface area (Å²) in [4.78, 5) is 0. The zero-order chi connectivity index (χ0) is 11.4. The van der Waals surface area contributed by atoms with Gasteiger partial charge >= 0.3 is 0 Å². The van der Waals surface area contributed by atoms with Gasteiger partial charge in [0.15, 0.2) is 0 Å². The molecule has 0 fully saturated rings. The van der Waals surface area contributed by atoms with Crippen molar-refractivity contribution in [2.24, 2.45) is 5.92 Å². The topological polar surface area (TPSA) is 9.23 Å². The standard InChI is InChI=1S/C13H27BrO/c1-3-5-9-13(4-2)12-15-11-8-6-7-10-14/h13H,3-12H2,1-2H3. The van der Waals surface area contributed by atoms with Crippen LogP contribution < -0.4 is 0 Å². The second-order valence-corrected chi connectivity index (χ2v) is 5.03. The lowest BCUT2D eigenvalue weighted by Crippen LogP contribution is -2.09. The van der Waals surface area contributed by atoms with Crippen molar-refractivity contribution >= 4 is 15.9 Å². The van der Waals surface area contributed by atoms with Gasteiger partial charge in [-0.25, -0.2) is 0 Å². The molecular weight excluding hydrogens is 252 g/mol. The Morgan fingerprint density at radius 1 is 1.07 bits per heavy atom. The van der Waals surface area contributed by atoms with E-state index in [0.29, 0.717) is 0 Å². The summed E-state index contributed by atoms with van der Waals surface area (Å²) in [5.74, 6) is 0.793. The fraction of sp³-hybridized carbons (Fsp3) is 1.00. The lowest BCUT2D eigenvalue weighted by molar-refractivity contribution is 0.0911. The predicted octanol–water partition coefficient (Wildman–Crippen LogP) is 4.78. The highest BCUT2D eigenvalue weighted by molar-refractivity contribution is 9.09. The van der Waals surface area contributed by atoms with Crippen molar-refractivity contribution in [1.82, 2.24) is 0 Å². The number of hydrogen-bond acceptors (Lipinski definition) is 1. The maximum absolute atomic E-state index is 5.71. The predicted molar refractivity (Wildman–Crippen MR) is 71.8 cm³/mol. The average Bonchev–Trinajstić information content (AvgIpc) is 2.27. The minimum atomic E-state index is 0.793. The van der Waals surface area contributed by atoms with Crippen molar-refractivity contribution < 1.29 is 4.74 Å². The number of ether oxygens (including phenoxy) is 1. The molecule has 0 saturated carbocycles. The SMILES string of the molecule is CCCCC(CC)COCCCCCBr. The molecule has 0 N–H and O–H groups in total. The first-order valence-electron chi connectivity index (χ1n) is 6.48. The van der Waals surface area contributed by atoms with Gasteiger partial charge in [-0.1, -0.05) is 55.5 Å². The molecule has 0 aromatic rings. The number of alkyl halides is 1. The van der Waals surface area contributed by atoms with Crippen LogP contribution in [0.1, 0.15) is 58.8 Å².